The summed E-state index contributed by atoms with van der Waals surface area (Å²) in [6.45, 7) is 3.40. The summed E-state index contributed by atoms with van der Waals surface area (Å²) < 4.78 is 0. The van der Waals surface area contributed by atoms with Gasteiger partial charge in [-0.3, -0.25) is 9.59 Å². The highest BCUT2D eigenvalue weighted by atomic mass is 35.5. The summed E-state index contributed by atoms with van der Waals surface area (Å²) in [6.07, 6.45) is -0.0523. The van der Waals surface area contributed by atoms with Gasteiger partial charge in [0, 0.05) is 17.4 Å². The van der Waals surface area contributed by atoms with E-state index in [2.05, 4.69) is 6.58 Å². The minimum atomic E-state index is -1.00. The van der Waals surface area contributed by atoms with Crippen LogP contribution in [0.25, 0.3) is 0 Å². The molecule has 0 aliphatic rings. The molecule has 0 saturated carbocycles. The lowest BCUT2D eigenvalue weighted by molar-refractivity contribution is -0.140. The fourth-order valence-electron chi connectivity index (χ4n) is 0.878. The van der Waals surface area contributed by atoms with Gasteiger partial charge in [-0.15, -0.1) is 0 Å². The molecule has 1 unspecified atom stereocenters. The second kappa shape index (κ2) is 5.59. The number of carboxylic acid groups (broad SMARTS) is 2. The predicted octanol–water partition coefficient (Wildman–Crippen LogP) is 1.69. The maximum atomic E-state index is 10.3. The van der Waals surface area contributed by atoms with Crippen molar-refractivity contribution in [1.82, 2.24) is 0 Å². The number of hydrogen-bond donors (Lipinski definition) is 2. The molecule has 0 spiro atoms. The molecule has 5 heteroatoms. The minimum absolute atomic E-state index is 0.0936. The number of allylic oxidation sites excluding steroid dienone is 1. The second-order valence-electron chi connectivity index (χ2n) is 2.67. The van der Waals surface area contributed by atoms with Crippen LogP contribution >= 0.6 is 11.6 Å². The first kappa shape index (κ1) is 12.0. The van der Waals surface area contributed by atoms with Gasteiger partial charge in [0.05, 0.1) is 6.42 Å². The minimum Gasteiger partial charge on any atom is -0.481 e. The molecule has 0 amide bonds. The maximum Gasteiger partial charge on any atom is 0.303 e. The molecule has 2 N–H and O–H groups in total. The monoisotopic (exact) mass is 206 g/mol. The Kier molecular flexibility index (Phi) is 5.14. The average molecular weight is 207 g/mol. The Balaban J connectivity index is 4.02. The molecule has 0 radical (unpaired) electrons. The fourth-order valence-corrected chi connectivity index (χ4v) is 1.06. The van der Waals surface area contributed by atoms with Crippen molar-refractivity contribution in [3.8, 4) is 0 Å². The van der Waals surface area contributed by atoms with Crippen molar-refractivity contribution in [3.05, 3.63) is 11.6 Å². The van der Waals surface area contributed by atoms with Crippen LogP contribution in [0.5, 0.6) is 0 Å². The lowest BCUT2D eigenvalue weighted by Gasteiger charge is -2.10. The zero-order valence-electron chi connectivity index (χ0n) is 6.99. The first-order chi connectivity index (χ1) is 5.93. The molecule has 13 heavy (non-hydrogen) atoms. The van der Waals surface area contributed by atoms with E-state index in [1.165, 1.54) is 0 Å². The van der Waals surface area contributed by atoms with E-state index in [0.717, 1.165) is 0 Å². The van der Waals surface area contributed by atoms with Gasteiger partial charge >= 0.3 is 11.9 Å². The van der Waals surface area contributed by atoms with Gasteiger partial charge in [-0.1, -0.05) is 18.2 Å². The molecule has 0 heterocycles. The Labute approximate surface area is 80.8 Å². The van der Waals surface area contributed by atoms with E-state index < -0.39 is 17.9 Å². The number of aliphatic carboxylic acids is 2. The zero-order valence-corrected chi connectivity index (χ0v) is 7.75. The third kappa shape index (κ3) is 6.16. The number of halogens is 1. The topological polar surface area (TPSA) is 74.6 Å². The molecule has 0 aliphatic carbocycles. The van der Waals surface area contributed by atoms with Crippen LogP contribution in [0.4, 0.5) is 0 Å². The van der Waals surface area contributed by atoms with E-state index in [9.17, 15) is 9.59 Å². The van der Waals surface area contributed by atoms with E-state index in [0.29, 0.717) is 0 Å². The largest absolute Gasteiger partial charge is 0.481 e. The van der Waals surface area contributed by atoms with E-state index in [-0.39, 0.29) is 24.3 Å². The summed E-state index contributed by atoms with van der Waals surface area (Å²) in [7, 11) is 0. The van der Waals surface area contributed by atoms with Crippen LogP contribution in [0.1, 0.15) is 19.3 Å². The van der Waals surface area contributed by atoms with E-state index in [1.807, 2.05) is 0 Å². The van der Waals surface area contributed by atoms with Crippen LogP contribution in [-0.4, -0.2) is 22.2 Å². The summed E-state index contributed by atoms with van der Waals surface area (Å²) in [4.78, 5) is 20.5. The average Bonchev–Trinajstić information content (AvgIpc) is 1.96. The number of carbonyl (C=O) groups is 2. The number of hydrogen-bond acceptors (Lipinski definition) is 2. The SMILES string of the molecule is C=C(Cl)C(CCC(=O)O)CC(=O)O. The van der Waals surface area contributed by atoms with E-state index >= 15 is 0 Å². The molecule has 0 saturated heterocycles. The van der Waals surface area contributed by atoms with Crippen LogP contribution in [0.15, 0.2) is 11.6 Å². The molecule has 4 nitrogen and oxygen atoms in total. The molecule has 0 aromatic heterocycles. The summed E-state index contributed by atoms with van der Waals surface area (Å²) in [5, 5.41) is 17.0. The van der Waals surface area contributed by atoms with Crippen molar-refractivity contribution in [1.29, 1.82) is 0 Å². The smallest absolute Gasteiger partial charge is 0.303 e. The Morgan fingerprint density at radius 2 is 1.85 bits per heavy atom. The first-order valence-corrected chi connectivity index (χ1v) is 4.09. The lowest BCUT2D eigenvalue weighted by atomic mass is 9.99. The Morgan fingerprint density at radius 3 is 2.15 bits per heavy atom. The van der Waals surface area contributed by atoms with Crippen LogP contribution in [0, 0.1) is 5.92 Å². The molecular formula is C8H11ClO4. The highest BCUT2D eigenvalue weighted by Crippen LogP contribution is 2.22. The number of rotatable bonds is 6. The standard InChI is InChI=1S/C8H11ClO4/c1-5(9)6(4-8(12)13)2-3-7(10)11/h6H,1-4H2,(H,10,11)(H,12,13). The van der Waals surface area contributed by atoms with Crippen molar-refractivity contribution in [2.75, 3.05) is 0 Å². The quantitative estimate of drug-likeness (QED) is 0.694. The molecule has 0 fully saturated rings. The van der Waals surface area contributed by atoms with Crippen molar-refractivity contribution < 1.29 is 19.8 Å². The van der Waals surface area contributed by atoms with Crippen molar-refractivity contribution in [2.24, 2.45) is 5.92 Å². The van der Waals surface area contributed by atoms with Gasteiger partial charge in [0.15, 0.2) is 0 Å². The van der Waals surface area contributed by atoms with Gasteiger partial charge in [-0.2, -0.15) is 0 Å². The van der Waals surface area contributed by atoms with Gasteiger partial charge < -0.3 is 10.2 Å². The molecule has 0 aromatic carbocycles. The fraction of sp³-hybridized carbons (Fsp3) is 0.500. The summed E-state index contributed by atoms with van der Waals surface area (Å²) in [5.41, 5.74) is 0. The van der Waals surface area contributed by atoms with Crippen molar-refractivity contribution in [3.63, 3.8) is 0 Å². The molecule has 0 bridgehead atoms. The van der Waals surface area contributed by atoms with E-state index in [1.54, 1.807) is 0 Å². The van der Waals surface area contributed by atoms with Gasteiger partial charge in [-0.05, 0) is 6.42 Å². The normalized spacial score (nSPS) is 12.1. The molecule has 1 atom stereocenters. The van der Waals surface area contributed by atoms with Gasteiger partial charge in [0.1, 0.15) is 0 Å². The predicted molar refractivity (Wildman–Crippen MR) is 47.6 cm³/mol. The van der Waals surface area contributed by atoms with Gasteiger partial charge in [-0.25, -0.2) is 0 Å². The van der Waals surface area contributed by atoms with Crippen LogP contribution < -0.4 is 0 Å². The third-order valence-electron chi connectivity index (χ3n) is 1.57. The number of carboxylic acids is 2. The van der Waals surface area contributed by atoms with Crippen molar-refractivity contribution in [2.45, 2.75) is 19.3 Å². The van der Waals surface area contributed by atoms with E-state index in [4.69, 9.17) is 21.8 Å². The van der Waals surface area contributed by atoms with Gasteiger partial charge in [0.2, 0.25) is 0 Å². The van der Waals surface area contributed by atoms with Crippen LogP contribution in [0.2, 0.25) is 0 Å². The molecule has 0 rings (SSSR count). The Hall–Kier alpha value is -1.03. The van der Waals surface area contributed by atoms with Crippen LogP contribution in [-0.2, 0) is 9.59 Å². The highest BCUT2D eigenvalue weighted by molar-refractivity contribution is 6.29. The van der Waals surface area contributed by atoms with Gasteiger partial charge in [0.25, 0.3) is 0 Å². The van der Waals surface area contributed by atoms with Crippen LogP contribution in [0.3, 0.4) is 0 Å². The third-order valence-corrected chi connectivity index (χ3v) is 1.88. The maximum absolute atomic E-state index is 10.3. The molecule has 74 valence electrons. The highest BCUT2D eigenvalue weighted by Gasteiger charge is 2.16. The summed E-state index contributed by atoms with van der Waals surface area (Å²) in [5.74, 6) is -2.43. The summed E-state index contributed by atoms with van der Waals surface area (Å²) >= 11 is 5.52. The lowest BCUT2D eigenvalue weighted by Crippen LogP contribution is -2.09. The molecule has 0 aliphatic heterocycles. The Morgan fingerprint density at radius 1 is 1.31 bits per heavy atom. The zero-order chi connectivity index (χ0) is 10.4. The molecule has 0 aromatic rings. The molecular weight excluding hydrogens is 196 g/mol. The summed E-state index contributed by atoms with van der Waals surface area (Å²) in [6, 6.07) is 0. The van der Waals surface area contributed by atoms with Crippen molar-refractivity contribution >= 4 is 23.5 Å². The Bertz CT molecular complexity index is 224. The second-order valence-corrected chi connectivity index (χ2v) is 3.16. The first-order valence-electron chi connectivity index (χ1n) is 3.71.